The minimum absolute atomic E-state index is 0.0964. The van der Waals surface area contributed by atoms with Gasteiger partial charge in [0.15, 0.2) is 0 Å². The maximum Gasteiger partial charge on any atom is 0.0848 e. The van der Waals surface area contributed by atoms with Crippen LogP contribution in [0.3, 0.4) is 0 Å². The van der Waals surface area contributed by atoms with E-state index in [4.69, 9.17) is 11.6 Å². The summed E-state index contributed by atoms with van der Waals surface area (Å²) in [5.74, 6) is 0. The van der Waals surface area contributed by atoms with Crippen molar-refractivity contribution >= 4 is 50.1 Å². The Hall–Kier alpha value is -0.0600. The van der Waals surface area contributed by atoms with Gasteiger partial charge in [-0.3, -0.25) is 0 Å². The molecule has 0 aliphatic carbocycles. The second-order valence-corrected chi connectivity index (χ2v) is 7.28. The Morgan fingerprint density at radius 2 is 1.80 bits per heavy atom. The fraction of sp³-hybridized carbons (Fsp3) is 0.294. The molecule has 2 aromatic rings. The Balaban J connectivity index is 2.51. The normalized spacial score (nSPS) is 12.4. The fourth-order valence-electron chi connectivity index (χ4n) is 2.30. The first-order valence-electron chi connectivity index (χ1n) is 6.77. The number of aryl methyl sites for hydroxylation is 2. The number of benzene rings is 2. The van der Waals surface area contributed by atoms with E-state index in [0.29, 0.717) is 0 Å². The molecule has 0 saturated heterocycles. The van der Waals surface area contributed by atoms with Crippen LogP contribution in [0.2, 0.25) is 0 Å². The lowest BCUT2D eigenvalue weighted by Gasteiger charge is -2.17. The van der Waals surface area contributed by atoms with Crippen LogP contribution in [-0.4, -0.2) is 0 Å². The van der Waals surface area contributed by atoms with Crippen LogP contribution >= 0.6 is 50.1 Å². The quantitative estimate of drug-likeness (QED) is 0.358. The molecular formula is C17H17BrClI. The highest BCUT2D eigenvalue weighted by Gasteiger charge is 2.17. The predicted molar refractivity (Wildman–Crippen MR) is 99.8 cm³/mol. The molecule has 0 radical (unpaired) electrons. The molecule has 0 heterocycles. The zero-order chi connectivity index (χ0) is 14.7. The monoisotopic (exact) mass is 462 g/mol. The van der Waals surface area contributed by atoms with Crippen LogP contribution in [0, 0.1) is 3.57 Å². The van der Waals surface area contributed by atoms with Gasteiger partial charge in [0.2, 0.25) is 0 Å². The van der Waals surface area contributed by atoms with Gasteiger partial charge in [0, 0.05) is 8.04 Å². The van der Waals surface area contributed by atoms with Gasteiger partial charge in [0.1, 0.15) is 0 Å². The Morgan fingerprint density at radius 1 is 1.05 bits per heavy atom. The summed E-state index contributed by atoms with van der Waals surface area (Å²) in [6, 6.07) is 13.0. The minimum Gasteiger partial charge on any atom is -0.113 e. The molecule has 106 valence electrons. The molecule has 3 heteroatoms. The number of alkyl halides is 1. The number of hydrogen-bond donors (Lipinski definition) is 0. The molecule has 0 fully saturated rings. The third-order valence-corrected chi connectivity index (χ3v) is 5.45. The minimum atomic E-state index is -0.0964. The molecule has 1 atom stereocenters. The third kappa shape index (κ3) is 3.58. The van der Waals surface area contributed by atoms with E-state index in [-0.39, 0.29) is 5.38 Å². The lowest BCUT2D eigenvalue weighted by Crippen LogP contribution is -2.02. The summed E-state index contributed by atoms with van der Waals surface area (Å²) in [6.07, 6.45) is 2.04. The Morgan fingerprint density at radius 3 is 2.45 bits per heavy atom. The second kappa shape index (κ2) is 7.28. The number of halogens is 3. The molecule has 2 rings (SSSR count). The summed E-state index contributed by atoms with van der Waals surface area (Å²) in [6.45, 7) is 4.36. The molecule has 0 amide bonds. The molecule has 0 nitrogen and oxygen atoms in total. The van der Waals surface area contributed by atoms with Crippen molar-refractivity contribution in [2.45, 2.75) is 32.1 Å². The van der Waals surface area contributed by atoms with Crippen LogP contribution in [0.15, 0.2) is 40.9 Å². The van der Waals surface area contributed by atoms with Gasteiger partial charge in [-0.25, -0.2) is 0 Å². The highest BCUT2D eigenvalue weighted by molar-refractivity contribution is 14.1. The standard InChI is InChI=1S/C17H17BrClI/c1-3-11-5-6-12(4-2)14(9-11)17(19)15-10-13(18)7-8-16(15)20/h5-10,17H,3-4H2,1-2H3. The van der Waals surface area contributed by atoms with Crippen molar-refractivity contribution in [3.05, 3.63) is 66.7 Å². The van der Waals surface area contributed by atoms with Crippen LogP contribution in [0.25, 0.3) is 0 Å². The van der Waals surface area contributed by atoms with Gasteiger partial charge in [0.25, 0.3) is 0 Å². The zero-order valence-corrected chi connectivity index (χ0v) is 16.1. The first-order valence-corrected chi connectivity index (χ1v) is 9.08. The largest absolute Gasteiger partial charge is 0.113 e. The van der Waals surface area contributed by atoms with Gasteiger partial charge >= 0.3 is 0 Å². The van der Waals surface area contributed by atoms with Crippen molar-refractivity contribution in [3.8, 4) is 0 Å². The summed E-state index contributed by atoms with van der Waals surface area (Å²) < 4.78 is 2.28. The molecule has 0 N–H and O–H groups in total. The van der Waals surface area contributed by atoms with Gasteiger partial charge in [0.05, 0.1) is 5.38 Å². The summed E-state index contributed by atoms with van der Waals surface area (Å²) in [5, 5.41) is -0.0964. The van der Waals surface area contributed by atoms with Crippen molar-refractivity contribution < 1.29 is 0 Å². The van der Waals surface area contributed by atoms with Gasteiger partial charge in [-0.15, -0.1) is 11.6 Å². The zero-order valence-electron chi connectivity index (χ0n) is 11.6. The van der Waals surface area contributed by atoms with Crippen molar-refractivity contribution in [2.24, 2.45) is 0 Å². The van der Waals surface area contributed by atoms with E-state index in [1.165, 1.54) is 25.8 Å². The summed E-state index contributed by atoms with van der Waals surface area (Å²) in [4.78, 5) is 0. The lowest BCUT2D eigenvalue weighted by molar-refractivity contribution is 1.01. The molecular weight excluding hydrogens is 446 g/mol. The third-order valence-electron chi connectivity index (χ3n) is 3.50. The first-order chi connectivity index (χ1) is 9.56. The average Bonchev–Trinajstić information content (AvgIpc) is 2.48. The Kier molecular flexibility index (Phi) is 5.94. The van der Waals surface area contributed by atoms with Gasteiger partial charge in [-0.05, 0) is 75.9 Å². The molecule has 0 saturated carbocycles. The maximum absolute atomic E-state index is 6.80. The smallest absolute Gasteiger partial charge is 0.0848 e. The van der Waals surface area contributed by atoms with Crippen molar-refractivity contribution in [1.82, 2.24) is 0 Å². The van der Waals surface area contributed by atoms with Gasteiger partial charge in [-0.2, -0.15) is 0 Å². The number of hydrogen-bond acceptors (Lipinski definition) is 0. The molecule has 2 aromatic carbocycles. The molecule has 0 aromatic heterocycles. The molecule has 0 aliphatic rings. The van der Waals surface area contributed by atoms with E-state index in [2.05, 4.69) is 88.8 Å². The van der Waals surface area contributed by atoms with E-state index >= 15 is 0 Å². The summed E-state index contributed by atoms with van der Waals surface area (Å²) in [7, 11) is 0. The van der Waals surface area contributed by atoms with Crippen molar-refractivity contribution in [2.75, 3.05) is 0 Å². The van der Waals surface area contributed by atoms with Crippen LogP contribution < -0.4 is 0 Å². The van der Waals surface area contributed by atoms with E-state index in [1.807, 2.05) is 0 Å². The molecule has 1 unspecified atom stereocenters. The van der Waals surface area contributed by atoms with Gasteiger partial charge in [-0.1, -0.05) is 48.0 Å². The van der Waals surface area contributed by atoms with Crippen molar-refractivity contribution in [1.29, 1.82) is 0 Å². The van der Waals surface area contributed by atoms with E-state index in [0.717, 1.165) is 17.3 Å². The van der Waals surface area contributed by atoms with Crippen LogP contribution in [0.5, 0.6) is 0 Å². The highest BCUT2D eigenvalue weighted by Crippen LogP contribution is 2.36. The Bertz CT molecular complexity index is 610. The Labute approximate surface area is 148 Å². The molecule has 0 aliphatic heterocycles. The van der Waals surface area contributed by atoms with E-state index < -0.39 is 0 Å². The highest BCUT2D eigenvalue weighted by atomic mass is 127. The van der Waals surface area contributed by atoms with Gasteiger partial charge < -0.3 is 0 Å². The maximum atomic E-state index is 6.80. The SMILES string of the molecule is CCc1ccc(CC)c(C(Cl)c2cc(Br)ccc2I)c1. The molecule has 20 heavy (non-hydrogen) atoms. The van der Waals surface area contributed by atoms with E-state index in [9.17, 15) is 0 Å². The first kappa shape index (κ1) is 16.3. The summed E-state index contributed by atoms with van der Waals surface area (Å²) >= 11 is 12.7. The molecule has 0 spiro atoms. The fourth-order valence-corrected chi connectivity index (χ4v) is 3.89. The molecule has 0 bridgehead atoms. The number of rotatable bonds is 4. The van der Waals surface area contributed by atoms with Crippen LogP contribution in [0.4, 0.5) is 0 Å². The lowest BCUT2D eigenvalue weighted by atomic mass is 9.95. The van der Waals surface area contributed by atoms with Crippen LogP contribution in [-0.2, 0) is 12.8 Å². The second-order valence-electron chi connectivity index (χ2n) is 4.77. The van der Waals surface area contributed by atoms with E-state index in [1.54, 1.807) is 0 Å². The summed E-state index contributed by atoms with van der Waals surface area (Å²) in [5.41, 5.74) is 5.08. The average molecular weight is 464 g/mol. The van der Waals surface area contributed by atoms with Crippen LogP contribution in [0.1, 0.15) is 41.5 Å². The van der Waals surface area contributed by atoms with Crippen molar-refractivity contribution in [3.63, 3.8) is 0 Å². The predicted octanol–water partition coefficient (Wildman–Crippen LogP) is 6.51. The topological polar surface area (TPSA) is 0 Å².